The van der Waals surface area contributed by atoms with Crippen LogP contribution in [0.4, 0.5) is 17.1 Å². The van der Waals surface area contributed by atoms with Gasteiger partial charge in [-0.3, -0.25) is 4.79 Å². The number of thiazole rings is 3. The second kappa shape index (κ2) is 47.9. The zero-order valence-electron chi connectivity index (χ0n) is 81.0. The van der Waals surface area contributed by atoms with Crippen molar-refractivity contribution in [3.63, 3.8) is 0 Å². The number of hydrogen-bond donors (Lipinski definition) is 1. The van der Waals surface area contributed by atoms with Crippen molar-refractivity contribution in [2.75, 3.05) is 121 Å². The standard InChI is InChI=1S/C107H108N16O19S3/c1-68(2)121(81-29-26-74-52-85(105(126)140-91(74)57-81)101-109-88-14-8-11-17-96(88)143-101)64-78-61-118(115-112-78)34-37-130-40-43-133-46-49-136-94-55-77(100(124)108-60-71-20-24-73(25-21-71)104(125)139-67-72-22-32-84(129-7)33-23-72)56-95(137-50-47-134-44-41-131-38-35-119-62-79(113-116-119)65-122(69(3)4)82-30-27-75-53-86(106(127)141-92(75)58-82)102-110-89-15-9-12-18-97(89)144-102)99(94)138-51-48-135-45-42-132-39-36-120-63-80(114-117-120)66-123(70(5)6)83-31-28-76-54-87(107(128)142-93(76)59-83)103-111-90-16-10-13-19-98(90)145-103/h8-33,52-59,61-63,68-70H,34-51,60,64-67H2,1-7H3,(H,108,124). The predicted molar refractivity (Wildman–Crippen MR) is 555 cm³/mol. The number of hydrogen-bond acceptors (Lipinski definition) is 34. The van der Waals surface area contributed by atoms with Gasteiger partial charge < -0.3 is 85.4 Å². The first-order valence-electron chi connectivity index (χ1n) is 47.8. The van der Waals surface area contributed by atoms with Gasteiger partial charge in [-0.25, -0.2) is 48.2 Å². The molecule has 1 amide bonds. The molecule has 0 atom stereocenters. The molecule has 0 aliphatic rings. The Morgan fingerprint density at radius 1 is 0.386 bits per heavy atom. The lowest BCUT2D eigenvalue weighted by Crippen LogP contribution is -2.30. The van der Waals surface area contributed by atoms with Crippen LogP contribution < -0.4 is 55.8 Å². The SMILES string of the molecule is COc1ccc(COC(=O)c2ccc(CNC(=O)c3cc(OCCOCCOCCn4cc(CN(c5ccc6cc(-c7nc8ccccc8s7)c(=O)oc6c5)C(C)C)nn4)c(OCCOCCOCCn4cc(CN(c5ccc6cc(-c7nc8ccccc8s7)c(=O)oc6c5)C(C)C)nn4)c(OCCOCCOCCn4cc(CN(c5ccc6cc(-c7nc8ccccc8s7)c(=O)oc6c5)C(C)C)nn4)c3)cc2)cc1. The number of para-hydroxylation sites is 3. The molecule has 0 bridgehead atoms. The molecule has 748 valence electrons. The molecule has 0 radical (unpaired) electrons. The number of nitrogens with one attached hydrogen (secondary N) is 1. The fraction of sp³-hybridized carbons (Fsp3) is 0.308. The van der Waals surface area contributed by atoms with Crippen LogP contribution in [0.15, 0.2) is 252 Å². The third kappa shape index (κ3) is 25.8. The van der Waals surface area contributed by atoms with Crippen LogP contribution in [0.2, 0.25) is 0 Å². The van der Waals surface area contributed by atoms with Crippen LogP contribution in [0.3, 0.4) is 0 Å². The Kier molecular flexibility index (Phi) is 33.1. The van der Waals surface area contributed by atoms with E-state index in [0.29, 0.717) is 124 Å². The summed E-state index contributed by atoms with van der Waals surface area (Å²) in [5, 5.41) is 33.8. The summed E-state index contributed by atoms with van der Waals surface area (Å²) in [7, 11) is 1.58. The molecule has 38 heteroatoms. The number of rotatable bonds is 52. The molecule has 0 saturated carbocycles. The Labute approximate surface area is 844 Å². The van der Waals surface area contributed by atoms with Gasteiger partial charge in [-0.2, -0.15) is 0 Å². The van der Waals surface area contributed by atoms with Gasteiger partial charge in [0.25, 0.3) is 5.91 Å². The fourth-order valence-electron chi connectivity index (χ4n) is 16.2. The van der Waals surface area contributed by atoms with Gasteiger partial charge in [0.05, 0.1) is 197 Å². The number of ether oxygens (including phenoxy) is 11. The monoisotopic (exact) mass is 2020 g/mol. The van der Waals surface area contributed by atoms with E-state index in [1.165, 1.54) is 34.0 Å². The second-order valence-corrected chi connectivity index (χ2v) is 38.0. The second-order valence-electron chi connectivity index (χ2n) is 34.9. The lowest BCUT2D eigenvalue weighted by atomic mass is 10.1. The Balaban J connectivity index is 0.490. The fourth-order valence-corrected chi connectivity index (χ4v) is 19.1. The van der Waals surface area contributed by atoms with Crippen LogP contribution in [0.25, 0.3) is 95.3 Å². The van der Waals surface area contributed by atoms with Crippen molar-refractivity contribution in [1.82, 2.24) is 65.3 Å². The molecule has 0 aliphatic heterocycles. The third-order valence-corrected chi connectivity index (χ3v) is 27.0. The molecule has 9 aromatic heterocycles. The molecular formula is C107H108N16O19S3. The van der Waals surface area contributed by atoms with Crippen molar-refractivity contribution in [1.29, 1.82) is 0 Å². The van der Waals surface area contributed by atoms with E-state index < -0.39 is 28.8 Å². The number of amides is 1. The molecule has 35 nitrogen and oxygen atoms in total. The van der Waals surface area contributed by atoms with Crippen LogP contribution >= 0.6 is 34.0 Å². The molecule has 9 aromatic carbocycles. The summed E-state index contributed by atoms with van der Waals surface area (Å²) in [4.78, 5) is 88.4. The Bertz CT molecular complexity index is 7320. The number of anilines is 3. The quantitative estimate of drug-likeness (QED) is 0.0210. The minimum Gasteiger partial charge on any atom is -0.497 e. The lowest BCUT2D eigenvalue weighted by Gasteiger charge is -2.28. The maximum Gasteiger partial charge on any atom is 0.346 e. The molecular weight excluding hydrogens is 1910 g/mol. The minimum atomic E-state index is -0.506. The molecule has 9 heterocycles. The molecule has 145 heavy (non-hydrogen) atoms. The number of fused-ring (bicyclic) bond motifs is 6. The summed E-state index contributed by atoms with van der Waals surface area (Å²) in [5.74, 6) is 0.282. The van der Waals surface area contributed by atoms with Gasteiger partial charge in [-0.1, -0.05) is 76.3 Å². The number of carbonyl (C=O) groups is 2. The van der Waals surface area contributed by atoms with Gasteiger partial charge in [0.15, 0.2) is 11.5 Å². The molecule has 0 saturated heterocycles. The lowest BCUT2D eigenvalue weighted by molar-refractivity contribution is 0.0282. The van der Waals surface area contributed by atoms with Gasteiger partial charge >= 0.3 is 22.8 Å². The van der Waals surface area contributed by atoms with E-state index in [1.807, 2.05) is 176 Å². The van der Waals surface area contributed by atoms with E-state index in [-0.39, 0.29) is 133 Å². The van der Waals surface area contributed by atoms with Crippen LogP contribution in [0.1, 0.15) is 90.5 Å². The van der Waals surface area contributed by atoms with Crippen molar-refractivity contribution in [3.05, 3.63) is 295 Å². The maximum absolute atomic E-state index is 14.5. The Morgan fingerprint density at radius 2 is 0.738 bits per heavy atom. The number of esters is 1. The van der Waals surface area contributed by atoms with Crippen molar-refractivity contribution in [3.8, 4) is 54.7 Å². The number of aromatic nitrogens is 12. The Hall–Kier alpha value is -15.0. The van der Waals surface area contributed by atoms with E-state index in [4.69, 9.17) is 80.3 Å². The molecule has 0 fully saturated rings. The largest absolute Gasteiger partial charge is 0.497 e. The summed E-state index contributed by atoms with van der Waals surface area (Å²) < 4.78 is 92.5. The molecule has 0 unspecified atom stereocenters. The van der Waals surface area contributed by atoms with Crippen LogP contribution in [-0.4, -0.2) is 196 Å². The van der Waals surface area contributed by atoms with E-state index in [0.717, 1.165) is 86.5 Å². The zero-order chi connectivity index (χ0) is 100. The van der Waals surface area contributed by atoms with Gasteiger partial charge in [0, 0.05) is 81.7 Å². The van der Waals surface area contributed by atoms with Gasteiger partial charge in [0.2, 0.25) is 5.75 Å². The van der Waals surface area contributed by atoms with E-state index >= 15 is 0 Å². The highest BCUT2D eigenvalue weighted by Crippen LogP contribution is 2.41. The highest BCUT2D eigenvalue weighted by atomic mass is 32.1. The first-order valence-corrected chi connectivity index (χ1v) is 50.2. The normalized spacial score (nSPS) is 11.7. The van der Waals surface area contributed by atoms with Gasteiger partial charge in [0.1, 0.15) is 81.0 Å². The molecule has 18 aromatic rings. The van der Waals surface area contributed by atoms with Crippen LogP contribution in [0, 0.1) is 0 Å². The minimum absolute atomic E-state index is 0.0222. The highest BCUT2D eigenvalue weighted by Gasteiger charge is 2.26. The first-order chi connectivity index (χ1) is 70.8. The van der Waals surface area contributed by atoms with Crippen molar-refractivity contribution < 1.29 is 74.9 Å². The van der Waals surface area contributed by atoms with Gasteiger partial charge in [-0.05, 0) is 180 Å². The van der Waals surface area contributed by atoms with Crippen LogP contribution in [0.5, 0.6) is 23.0 Å². The average molecular weight is 2020 g/mol. The Morgan fingerprint density at radius 3 is 1.10 bits per heavy atom. The summed E-state index contributed by atoms with van der Waals surface area (Å²) in [6.07, 6.45) is 5.66. The first kappa shape index (κ1) is 100. The van der Waals surface area contributed by atoms with Crippen LogP contribution in [-0.2, 0) is 85.6 Å². The van der Waals surface area contributed by atoms with E-state index in [1.54, 1.807) is 69.7 Å². The topological polar surface area (TPSA) is 379 Å². The summed E-state index contributed by atoms with van der Waals surface area (Å²) in [5.41, 5.74) is 10.6. The van der Waals surface area contributed by atoms with Crippen molar-refractivity contribution in [2.24, 2.45) is 0 Å². The van der Waals surface area contributed by atoms with Crippen molar-refractivity contribution in [2.45, 2.75) is 112 Å². The summed E-state index contributed by atoms with van der Waals surface area (Å²) in [6.45, 7) is 18.1. The number of nitrogens with zero attached hydrogens (tertiary/aromatic N) is 15. The maximum atomic E-state index is 14.5. The average Bonchev–Trinajstić information content (AvgIpc) is 1.67. The number of benzene rings is 9. The summed E-state index contributed by atoms with van der Waals surface area (Å²) in [6, 6.07) is 63.8. The molecule has 0 spiro atoms. The summed E-state index contributed by atoms with van der Waals surface area (Å²) >= 11 is 4.36. The van der Waals surface area contributed by atoms with E-state index in [9.17, 15) is 24.0 Å². The van der Waals surface area contributed by atoms with Crippen molar-refractivity contribution >= 4 is 127 Å². The highest BCUT2D eigenvalue weighted by molar-refractivity contribution is 7.22. The number of methoxy groups -OCH3 is 1. The molecule has 0 aliphatic carbocycles. The van der Waals surface area contributed by atoms with E-state index in [2.05, 4.69) is 92.5 Å². The zero-order valence-corrected chi connectivity index (χ0v) is 83.5. The number of carbonyl (C=O) groups excluding carboxylic acids is 2. The predicted octanol–water partition coefficient (Wildman–Crippen LogP) is 17.5. The van der Waals surface area contributed by atoms with Gasteiger partial charge in [-0.15, -0.1) is 49.3 Å². The molecule has 18 rings (SSSR count). The third-order valence-electron chi connectivity index (χ3n) is 23.8. The molecule has 1 N–H and O–H groups in total. The smallest absolute Gasteiger partial charge is 0.346 e.